The molecule has 5 heteroatoms. The first-order valence-corrected chi connectivity index (χ1v) is 13.2. The second kappa shape index (κ2) is 13.1. The lowest BCUT2D eigenvalue weighted by molar-refractivity contribution is -0.137. The standard InChI is InChI=1S/C31H44O5/c1-7-30(35,8-2)18-17-24-11-12-25(19-22(24)5)31(9-3,10-4)26-13-15-28(23(6)20-26)36-21-27(32)14-16-29(33)34/h11-13,15,17-20,27,32,35H,7-10,14,16,21H2,1-6H3,(H,33,34)/b18-17+. The Morgan fingerprint density at radius 2 is 1.53 bits per heavy atom. The number of benzene rings is 2. The summed E-state index contributed by atoms with van der Waals surface area (Å²) in [5.74, 6) is -0.224. The molecule has 1 unspecified atom stereocenters. The van der Waals surface area contributed by atoms with E-state index in [9.17, 15) is 15.0 Å². The van der Waals surface area contributed by atoms with Gasteiger partial charge in [-0.15, -0.1) is 0 Å². The Kier molecular flexibility index (Phi) is 10.7. The molecule has 2 aromatic rings. The van der Waals surface area contributed by atoms with Gasteiger partial charge in [-0.3, -0.25) is 4.79 Å². The lowest BCUT2D eigenvalue weighted by atomic mass is 9.70. The largest absolute Gasteiger partial charge is 0.491 e. The van der Waals surface area contributed by atoms with Crippen molar-refractivity contribution in [2.24, 2.45) is 0 Å². The number of aliphatic carboxylic acids is 1. The molecule has 36 heavy (non-hydrogen) atoms. The highest BCUT2D eigenvalue weighted by Crippen LogP contribution is 2.41. The summed E-state index contributed by atoms with van der Waals surface area (Å²) in [6.45, 7) is 12.6. The number of hydrogen-bond donors (Lipinski definition) is 3. The smallest absolute Gasteiger partial charge is 0.303 e. The van der Waals surface area contributed by atoms with Crippen molar-refractivity contribution in [3.8, 4) is 5.75 Å². The molecule has 1 atom stereocenters. The number of carbonyl (C=O) groups is 1. The molecule has 0 saturated carbocycles. The summed E-state index contributed by atoms with van der Waals surface area (Å²) in [5, 5.41) is 29.4. The summed E-state index contributed by atoms with van der Waals surface area (Å²) in [7, 11) is 0. The molecule has 0 saturated heterocycles. The van der Waals surface area contributed by atoms with Gasteiger partial charge in [0.1, 0.15) is 12.4 Å². The quantitative estimate of drug-likeness (QED) is 0.275. The van der Waals surface area contributed by atoms with Crippen LogP contribution in [0.25, 0.3) is 6.08 Å². The van der Waals surface area contributed by atoms with Crippen molar-refractivity contribution >= 4 is 12.0 Å². The molecular weight excluding hydrogens is 452 g/mol. The highest BCUT2D eigenvalue weighted by atomic mass is 16.5. The third-order valence-electron chi connectivity index (χ3n) is 7.68. The number of aliphatic hydroxyl groups is 2. The average molecular weight is 497 g/mol. The van der Waals surface area contributed by atoms with Crippen molar-refractivity contribution < 1.29 is 24.9 Å². The van der Waals surface area contributed by atoms with Gasteiger partial charge in [-0.1, -0.05) is 70.2 Å². The maximum atomic E-state index is 10.7. The monoisotopic (exact) mass is 496 g/mol. The molecular formula is C31H44O5. The lowest BCUT2D eigenvalue weighted by Crippen LogP contribution is -2.26. The maximum absolute atomic E-state index is 10.7. The van der Waals surface area contributed by atoms with E-state index in [1.165, 1.54) is 16.7 Å². The first kappa shape index (κ1) is 29.6. The molecule has 0 bridgehead atoms. The van der Waals surface area contributed by atoms with Gasteiger partial charge < -0.3 is 20.1 Å². The first-order valence-electron chi connectivity index (χ1n) is 13.2. The number of ether oxygens (including phenoxy) is 1. The van der Waals surface area contributed by atoms with Gasteiger partial charge in [0.25, 0.3) is 0 Å². The summed E-state index contributed by atoms with van der Waals surface area (Å²) in [6.07, 6.45) is 6.49. The van der Waals surface area contributed by atoms with E-state index in [1.54, 1.807) is 0 Å². The van der Waals surface area contributed by atoms with Gasteiger partial charge in [0, 0.05) is 11.8 Å². The number of carboxylic acids is 1. The highest BCUT2D eigenvalue weighted by molar-refractivity contribution is 5.66. The molecule has 0 aromatic heterocycles. The zero-order valence-electron chi connectivity index (χ0n) is 22.8. The fourth-order valence-electron chi connectivity index (χ4n) is 4.79. The SMILES string of the molecule is CCC(O)(/C=C/c1ccc(C(CC)(CC)c2ccc(OCC(O)CCC(=O)O)c(C)c2)cc1C)CC. The molecule has 3 N–H and O–H groups in total. The minimum Gasteiger partial charge on any atom is -0.491 e. The Labute approximate surface area is 216 Å². The van der Waals surface area contributed by atoms with Crippen LogP contribution >= 0.6 is 0 Å². The van der Waals surface area contributed by atoms with E-state index in [4.69, 9.17) is 9.84 Å². The van der Waals surface area contributed by atoms with Crippen molar-refractivity contribution in [3.63, 3.8) is 0 Å². The topological polar surface area (TPSA) is 87.0 Å². The van der Waals surface area contributed by atoms with Crippen LogP contribution in [0.15, 0.2) is 42.5 Å². The zero-order valence-corrected chi connectivity index (χ0v) is 22.8. The molecule has 0 aliphatic carbocycles. The van der Waals surface area contributed by atoms with Crippen molar-refractivity contribution in [1.29, 1.82) is 0 Å². The number of carboxylic acid groups (broad SMARTS) is 1. The zero-order chi connectivity index (χ0) is 26.9. The Morgan fingerprint density at radius 3 is 2.03 bits per heavy atom. The molecule has 0 amide bonds. The van der Waals surface area contributed by atoms with Crippen LogP contribution in [0.3, 0.4) is 0 Å². The average Bonchev–Trinajstić information content (AvgIpc) is 2.87. The number of hydrogen-bond acceptors (Lipinski definition) is 4. The fourth-order valence-corrected chi connectivity index (χ4v) is 4.79. The minimum atomic E-state index is -0.923. The van der Waals surface area contributed by atoms with Crippen LogP contribution in [-0.4, -0.2) is 39.6 Å². The van der Waals surface area contributed by atoms with Gasteiger partial charge in [-0.25, -0.2) is 0 Å². The molecule has 0 aliphatic heterocycles. The molecule has 2 rings (SSSR count). The number of rotatable bonds is 14. The molecule has 0 aliphatic rings. The van der Waals surface area contributed by atoms with Crippen LogP contribution in [0.2, 0.25) is 0 Å². The van der Waals surface area contributed by atoms with Gasteiger partial charge in [0.05, 0.1) is 11.7 Å². The highest BCUT2D eigenvalue weighted by Gasteiger charge is 2.31. The van der Waals surface area contributed by atoms with E-state index in [1.807, 2.05) is 39.0 Å². The Hall–Kier alpha value is -2.63. The van der Waals surface area contributed by atoms with Gasteiger partial charge in [-0.2, -0.15) is 0 Å². The summed E-state index contributed by atoms with van der Waals surface area (Å²) in [4.78, 5) is 10.7. The number of aliphatic hydroxyl groups excluding tert-OH is 1. The van der Waals surface area contributed by atoms with E-state index in [-0.39, 0.29) is 24.9 Å². The van der Waals surface area contributed by atoms with E-state index in [0.717, 1.165) is 24.0 Å². The summed E-state index contributed by atoms with van der Waals surface area (Å²) in [6, 6.07) is 12.8. The number of aryl methyl sites for hydroxylation is 2. The van der Waals surface area contributed by atoms with E-state index < -0.39 is 17.7 Å². The normalized spacial score (nSPS) is 13.2. The molecule has 0 heterocycles. The van der Waals surface area contributed by atoms with Crippen molar-refractivity contribution in [2.45, 2.75) is 97.2 Å². The molecule has 0 spiro atoms. The van der Waals surface area contributed by atoms with Gasteiger partial charge in [-0.05, 0) is 79.8 Å². The molecule has 0 fully saturated rings. The summed E-state index contributed by atoms with van der Waals surface area (Å²) in [5.41, 5.74) is 4.84. The lowest BCUT2D eigenvalue weighted by Gasteiger charge is -2.34. The minimum absolute atomic E-state index is 0.0690. The third-order valence-corrected chi connectivity index (χ3v) is 7.68. The van der Waals surface area contributed by atoms with Crippen LogP contribution in [0, 0.1) is 13.8 Å². The molecule has 0 radical (unpaired) electrons. The first-order chi connectivity index (χ1) is 17.0. The predicted molar refractivity (Wildman–Crippen MR) is 147 cm³/mol. The van der Waals surface area contributed by atoms with Crippen LogP contribution in [0.5, 0.6) is 5.75 Å². The Balaban J connectivity index is 2.30. The van der Waals surface area contributed by atoms with Crippen LogP contribution < -0.4 is 4.74 Å². The second-order valence-electron chi connectivity index (χ2n) is 9.88. The van der Waals surface area contributed by atoms with E-state index in [0.29, 0.717) is 18.6 Å². The van der Waals surface area contributed by atoms with Gasteiger partial charge in [0.15, 0.2) is 0 Å². The molecule has 2 aromatic carbocycles. The van der Waals surface area contributed by atoms with Crippen molar-refractivity contribution in [1.82, 2.24) is 0 Å². The van der Waals surface area contributed by atoms with Crippen LogP contribution in [-0.2, 0) is 10.2 Å². The third kappa shape index (κ3) is 7.21. The Morgan fingerprint density at radius 1 is 0.944 bits per heavy atom. The predicted octanol–water partition coefficient (Wildman–Crippen LogP) is 6.58. The van der Waals surface area contributed by atoms with Gasteiger partial charge in [0.2, 0.25) is 0 Å². The van der Waals surface area contributed by atoms with Crippen LogP contribution in [0.4, 0.5) is 0 Å². The van der Waals surface area contributed by atoms with Crippen molar-refractivity contribution in [2.75, 3.05) is 6.61 Å². The Bertz CT molecular complexity index is 1030. The van der Waals surface area contributed by atoms with E-state index >= 15 is 0 Å². The molecule has 198 valence electrons. The molecule has 5 nitrogen and oxygen atoms in total. The fraction of sp³-hybridized carbons (Fsp3) is 0.516. The van der Waals surface area contributed by atoms with Crippen molar-refractivity contribution in [3.05, 3.63) is 70.3 Å². The maximum Gasteiger partial charge on any atom is 0.303 e. The van der Waals surface area contributed by atoms with Gasteiger partial charge >= 0.3 is 5.97 Å². The van der Waals surface area contributed by atoms with Crippen LogP contribution in [0.1, 0.15) is 94.0 Å². The second-order valence-corrected chi connectivity index (χ2v) is 9.88. The summed E-state index contributed by atoms with van der Waals surface area (Å²) < 4.78 is 5.81. The van der Waals surface area contributed by atoms with E-state index in [2.05, 4.69) is 51.1 Å². The summed E-state index contributed by atoms with van der Waals surface area (Å²) >= 11 is 0.